The third-order valence-corrected chi connectivity index (χ3v) is 8.67. The molecule has 0 aliphatic rings. The average molecular weight is 564 g/mol. The number of nitrogens with zero attached hydrogens (tertiary/aromatic N) is 3. The molecule has 0 amide bonds. The molecule has 10 aromatic rings. The van der Waals surface area contributed by atoms with E-state index in [0.29, 0.717) is 17.5 Å². The zero-order valence-corrected chi connectivity index (χ0v) is 23.3. The first-order valence-electron chi connectivity index (χ1n) is 14.6. The molecule has 3 heterocycles. The summed E-state index contributed by atoms with van der Waals surface area (Å²) in [7, 11) is 0. The number of para-hydroxylation sites is 1. The van der Waals surface area contributed by atoms with Crippen molar-refractivity contribution in [2.24, 2.45) is 0 Å². The monoisotopic (exact) mass is 563 g/mol. The average Bonchev–Trinajstić information content (AvgIpc) is 3.66. The normalized spacial score (nSPS) is 12.1. The summed E-state index contributed by atoms with van der Waals surface area (Å²) < 4.78 is 12.9. The van der Waals surface area contributed by atoms with Crippen LogP contribution < -0.4 is 0 Å². The van der Waals surface area contributed by atoms with Crippen LogP contribution in [0.5, 0.6) is 0 Å². The van der Waals surface area contributed by atoms with Crippen molar-refractivity contribution >= 4 is 65.4 Å². The summed E-state index contributed by atoms with van der Waals surface area (Å²) in [5.41, 5.74) is 6.13. The van der Waals surface area contributed by atoms with Crippen LogP contribution in [-0.2, 0) is 0 Å². The van der Waals surface area contributed by atoms with Crippen molar-refractivity contribution in [1.29, 1.82) is 0 Å². The Morgan fingerprint density at radius 2 is 0.864 bits per heavy atom. The first kappa shape index (κ1) is 23.5. The van der Waals surface area contributed by atoms with Gasteiger partial charge in [-0.15, -0.1) is 0 Å². The summed E-state index contributed by atoms with van der Waals surface area (Å²) in [5.74, 6) is 1.84. The third-order valence-electron chi connectivity index (χ3n) is 8.67. The lowest BCUT2D eigenvalue weighted by molar-refractivity contribution is 0.669. The summed E-state index contributed by atoms with van der Waals surface area (Å²) in [6, 6.07) is 43.1. The molecule has 0 saturated heterocycles. The highest BCUT2D eigenvalue weighted by Gasteiger charge is 2.25. The van der Waals surface area contributed by atoms with E-state index in [1.807, 2.05) is 91.0 Å². The maximum absolute atomic E-state index is 6.55. The van der Waals surface area contributed by atoms with Crippen LogP contribution >= 0.6 is 0 Å². The van der Waals surface area contributed by atoms with Crippen molar-refractivity contribution in [2.45, 2.75) is 0 Å². The number of furan rings is 2. The van der Waals surface area contributed by atoms with Gasteiger partial charge in [-0.1, -0.05) is 103 Å². The van der Waals surface area contributed by atoms with Crippen LogP contribution in [0.15, 0.2) is 136 Å². The standard InChI is InChI=1S/C39H21N3O2/c1-3-11-22(12-4-1)37-40-38(23-13-5-2-6-14-23)42-39(41-37)36-32-26-17-10-20-30-35(26)33-24(16-9-19-29(33)44-30)27(32)21-31-34(36)25-15-7-8-18-28(25)43-31/h1-21H. The molecule has 3 aromatic heterocycles. The Labute approximate surface area is 250 Å². The number of rotatable bonds is 3. The number of benzene rings is 7. The minimum Gasteiger partial charge on any atom is -0.456 e. The van der Waals surface area contributed by atoms with Crippen LogP contribution in [0.25, 0.3) is 99.6 Å². The lowest BCUT2D eigenvalue weighted by Gasteiger charge is -2.15. The fourth-order valence-corrected chi connectivity index (χ4v) is 6.82. The largest absolute Gasteiger partial charge is 0.456 e. The van der Waals surface area contributed by atoms with E-state index in [9.17, 15) is 0 Å². The maximum atomic E-state index is 6.55. The van der Waals surface area contributed by atoms with Crippen molar-refractivity contribution < 1.29 is 8.83 Å². The molecule has 0 bridgehead atoms. The molecule has 0 unspecified atom stereocenters. The van der Waals surface area contributed by atoms with Gasteiger partial charge in [-0.05, 0) is 40.4 Å². The molecule has 0 fully saturated rings. The van der Waals surface area contributed by atoms with E-state index in [1.165, 1.54) is 0 Å². The SMILES string of the molecule is c1ccc(-c2nc(-c3ccccc3)nc(-c3c4c(cc5c6cccc7oc8cccc(c35)c8c76)oc3ccccc34)n2)cc1. The topological polar surface area (TPSA) is 65.0 Å². The van der Waals surface area contributed by atoms with Gasteiger partial charge in [0.25, 0.3) is 0 Å². The van der Waals surface area contributed by atoms with E-state index in [4.69, 9.17) is 23.8 Å². The quantitative estimate of drug-likeness (QED) is 0.200. The fourth-order valence-electron chi connectivity index (χ4n) is 6.82. The molecule has 204 valence electrons. The number of fused-ring (bicyclic) bond motifs is 6. The van der Waals surface area contributed by atoms with Gasteiger partial charge >= 0.3 is 0 Å². The van der Waals surface area contributed by atoms with E-state index in [2.05, 4.69) is 36.4 Å². The van der Waals surface area contributed by atoms with E-state index < -0.39 is 0 Å². The molecule has 7 aromatic carbocycles. The Hall–Kier alpha value is -6.07. The highest BCUT2D eigenvalue weighted by atomic mass is 16.3. The van der Waals surface area contributed by atoms with Crippen LogP contribution in [0.4, 0.5) is 0 Å². The molecule has 5 heteroatoms. The van der Waals surface area contributed by atoms with Gasteiger partial charge in [0.1, 0.15) is 22.3 Å². The van der Waals surface area contributed by atoms with Crippen LogP contribution in [-0.4, -0.2) is 15.0 Å². The molecule has 44 heavy (non-hydrogen) atoms. The van der Waals surface area contributed by atoms with Crippen molar-refractivity contribution in [2.75, 3.05) is 0 Å². The Kier molecular flexibility index (Phi) is 4.66. The molecule has 5 nitrogen and oxygen atoms in total. The van der Waals surface area contributed by atoms with Gasteiger partial charge in [-0.3, -0.25) is 0 Å². The number of aromatic nitrogens is 3. The predicted molar refractivity (Wildman–Crippen MR) is 177 cm³/mol. The second-order valence-corrected chi connectivity index (χ2v) is 11.1. The van der Waals surface area contributed by atoms with Crippen molar-refractivity contribution in [3.63, 3.8) is 0 Å². The molecule has 0 radical (unpaired) electrons. The lowest BCUT2D eigenvalue weighted by atomic mass is 9.89. The van der Waals surface area contributed by atoms with Gasteiger partial charge < -0.3 is 8.83 Å². The summed E-state index contributed by atoms with van der Waals surface area (Å²) in [6.07, 6.45) is 0. The van der Waals surface area contributed by atoms with Crippen molar-refractivity contribution in [1.82, 2.24) is 15.0 Å². The van der Waals surface area contributed by atoms with Gasteiger partial charge in [0, 0.05) is 43.6 Å². The van der Waals surface area contributed by atoms with Crippen molar-refractivity contribution in [3.05, 3.63) is 127 Å². The minimum atomic E-state index is 0.599. The smallest absolute Gasteiger partial charge is 0.165 e. The molecule has 0 aliphatic heterocycles. The number of hydrogen-bond acceptors (Lipinski definition) is 5. The number of hydrogen-bond donors (Lipinski definition) is 0. The van der Waals surface area contributed by atoms with Crippen molar-refractivity contribution in [3.8, 4) is 34.2 Å². The van der Waals surface area contributed by atoms with E-state index in [0.717, 1.165) is 82.1 Å². The lowest BCUT2D eigenvalue weighted by Crippen LogP contribution is -2.01. The van der Waals surface area contributed by atoms with E-state index in [-0.39, 0.29) is 0 Å². The Bertz CT molecular complexity index is 2650. The highest BCUT2D eigenvalue weighted by molar-refractivity contribution is 6.38. The molecule has 0 atom stereocenters. The highest BCUT2D eigenvalue weighted by Crippen LogP contribution is 2.49. The van der Waals surface area contributed by atoms with Gasteiger partial charge in [0.2, 0.25) is 0 Å². The maximum Gasteiger partial charge on any atom is 0.165 e. The molecular weight excluding hydrogens is 542 g/mol. The molecule has 10 rings (SSSR count). The second-order valence-electron chi connectivity index (χ2n) is 11.1. The van der Waals surface area contributed by atoms with Crippen LogP contribution in [0.3, 0.4) is 0 Å². The molecule has 0 spiro atoms. The van der Waals surface area contributed by atoms with E-state index in [1.54, 1.807) is 0 Å². The molecular formula is C39H21N3O2. The van der Waals surface area contributed by atoms with Crippen LogP contribution in [0.2, 0.25) is 0 Å². The molecule has 0 N–H and O–H groups in total. The van der Waals surface area contributed by atoms with Gasteiger partial charge in [0.05, 0.1) is 0 Å². The first-order chi connectivity index (χ1) is 21.8. The van der Waals surface area contributed by atoms with Crippen LogP contribution in [0, 0.1) is 0 Å². The van der Waals surface area contributed by atoms with Gasteiger partial charge in [-0.2, -0.15) is 0 Å². The summed E-state index contributed by atoms with van der Waals surface area (Å²) in [4.78, 5) is 15.4. The third kappa shape index (κ3) is 3.21. The second kappa shape index (κ2) is 8.72. The Morgan fingerprint density at radius 3 is 1.57 bits per heavy atom. The summed E-state index contributed by atoms with van der Waals surface area (Å²) >= 11 is 0. The first-order valence-corrected chi connectivity index (χ1v) is 14.6. The fraction of sp³-hybridized carbons (Fsp3) is 0. The Morgan fingerprint density at radius 1 is 0.341 bits per heavy atom. The minimum absolute atomic E-state index is 0.599. The predicted octanol–water partition coefficient (Wildman–Crippen LogP) is 10.4. The molecule has 0 saturated carbocycles. The summed E-state index contributed by atoms with van der Waals surface area (Å²) in [5, 5.41) is 8.59. The molecule has 0 aliphatic carbocycles. The van der Waals surface area contributed by atoms with Crippen LogP contribution in [0.1, 0.15) is 0 Å². The van der Waals surface area contributed by atoms with Gasteiger partial charge in [0.15, 0.2) is 17.5 Å². The summed E-state index contributed by atoms with van der Waals surface area (Å²) in [6.45, 7) is 0. The zero-order valence-electron chi connectivity index (χ0n) is 23.3. The van der Waals surface area contributed by atoms with Gasteiger partial charge in [-0.25, -0.2) is 15.0 Å². The Balaban J connectivity index is 1.46. The zero-order chi connectivity index (χ0) is 28.8. The van der Waals surface area contributed by atoms with E-state index >= 15 is 0 Å².